The molecule has 180 valence electrons. The predicted molar refractivity (Wildman–Crippen MR) is 128 cm³/mol. The average Bonchev–Trinajstić information content (AvgIpc) is 3.08. The van der Waals surface area contributed by atoms with Crippen molar-refractivity contribution in [1.82, 2.24) is 29.5 Å². The zero-order chi connectivity index (χ0) is 23.5. The molecule has 2 fully saturated rings. The van der Waals surface area contributed by atoms with Crippen LogP contribution in [0.5, 0.6) is 0 Å². The van der Waals surface area contributed by atoms with Gasteiger partial charge in [-0.1, -0.05) is 0 Å². The zero-order valence-corrected chi connectivity index (χ0v) is 20.5. The number of nitrogens with one attached hydrogen (secondary N) is 1. The van der Waals surface area contributed by atoms with Crippen LogP contribution in [0.3, 0.4) is 0 Å². The minimum atomic E-state index is -0.0326. The van der Waals surface area contributed by atoms with Crippen LogP contribution in [0.25, 0.3) is 5.95 Å². The van der Waals surface area contributed by atoms with Crippen molar-refractivity contribution in [2.75, 3.05) is 44.6 Å². The van der Waals surface area contributed by atoms with Crippen molar-refractivity contribution in [3.05, 3.63) is 29.2 Å². The van der Waals surface area contributed by atoms with E-state index < -0.39 is 0 Å². The van der Waals surface area contributed by atoms with Gasteiger partial charge in [0.25, 0.3) is 5.95 Å². The number of hydrogen-bond acceptors (Lipinski definition) is 7. The first-order valence-electron chi connectivity index (χ1n) is 12.0. The van der Waals surface area contributed by atoms with Gasteiger partial charge in [0.15, 0.2) is 0 Å². The van der Waals surface area contributed by atoms with Crippen molar-refractivity contribution < 1.29 is 9.53 Å². The van der Waals surface area contributed by atoms with Gasteiger partial charge in [0.2, 0.25) is 5.91 Å². The molecule has 4 rings (SSSR count). The Bertz CT molecular complexity index is 937. The Morgan fingerprint density at radius 1 is 1.00 bits per heavy atom. The van der Waals surface area contributed by atoms with Crippen molar-refractivity contribution in [1.29, 1.82) is 0 Å². The lowest BCUT2D eigenvalue weighted by Crippen LogP contribution is -2.48. The van der Waals surface area contributed by atoms with Gasteiger partial charge in [-0.25, -0.2) is 9.97 Å². The number of carbonyl (C=O) groups excluding carboxylic acids is 1. The van der Waals surface area contributed by atoms with Gasteiger partial charge < -0.3 is 10.1 Å². The molecule has 0 spiro atoms. The van der Waals surface area contributed by atoms with E-state index in [0.717, 1.165) is 62.6 Å². The van der Waals surface area contributed by atoms with Crippen molar-refractivity contribution >= 4 is 11.7 Å². The monoisotopic (exact) mass is 455 g/mol. The number of carbonyl (C=O) groups is 1. The third kappa shape index (κ3) is 6.37. The molecule has 0 saturated carbocycles. The fourth-order valence-corrected chi connectivity index (χ4v) is 5.05. The van der Waals surface area contributed by atoms with Crippen LogP contribution < -0.4 is 5.32 Å². The summed E-state index contributed by atoms with van der Waals surface area (Å²) in [5.74, 6) is 1.74. The second-order valence-electron chi connectivity index (χ2n) is 9.78. The van der Waals surface area contributed by atoms with Crippen molar-refractivity contribution in [3.8, 4) is 5.95 Å². The molecule has 0 bridgehead atoms. The highest BCUT2D eigenvalue weighted by Gasteiger charge is 2.27. The van der Waals surface area contributed by atoms with Gasteiger partial charge >= 0.3 is 0 Å². The number of rotatable bonds is 6. The predicted octanol–water partition coefficient (Wildman–Crippen LogP) is 2.35. The van der Waals surface area contributed by atoms with Crippen LogP contribution in [0.2, 0.25) is 0 Å². The van der Waals surface area contributed by atoms with E-state index in [9.17, 15) is 4.79 Å². The highest BCUT2D eigenvalue weighted by molar-refractivity contribution is 5.91. The Hall–Kier alpha value is -2.36. The molecule has 0 aliphatic carbocycles. The summed E-state index contributed by atoms with van der Waals surface area (Å²) >= 11 is 0. The first kappa shape index (κ1) is 23.8. The van der Waals surface area contributed by atoms with Gasteiger partial charge in [-0.2, -0.15) is 9.78 Å². The second kappa shape index (κ2) is 10.3. The number of amides is 1. The minimum absolute atomic E-state index is 0.0326. The third-order valence-corrected chi connectivity index (χ3v) is 6.34. The molecule has 2 aromatic rings. The van der Waals surface area contributed by atoms with E-state index in [0.29, 0.717) is 36.4 Å². The molecule has 1 amide bonds. The number of piperidine rings is 1. The van der Waals surface area contributed by atoms with Crippen LogP contribution in [0, 0.1) is 26.7 Å². The summed E-state index contributed by atoms with van der Waals surface area (Å²) in [4.78, 5) is 26.6. The number of morpholine rings is 1. The molecule has 1 N–H and O–H groups in total. The molecule has 9 nitrogen and oxygen atoms in total. The normalized spacial score (nSPS) is 23.1. The standard InChI is InChI=1S/C24H37N7O2/c1-16-10-17(2)26-24(25-16)31-22(11-18(3)28-31)27-23(32)15-29-8-6-21(7-9-29)14-30-12-19(4)33-20(5)13-30/h10-11,19-21H,6-9,12-15H2,1-5H3,(H,27,32). The molecule has 0 aromatic carbocycles. The zero-order valence-electron chi connectivity index (χ0n) is 20.5. The van der Waals surface area contributed by atoms with Gasteiger partial charge in [0.05, 0.1) is 24.4 Å². The average molecular weight is 456 g/mol. The Kier molecular flexibility index (Phi) is 7.41. The SMILES string of the molecule is Cc1cc(C)nc(-n2nc(C)cc2NC(=O)CN2CCC(CN3CC(C)OC(C)C3)CC2)n1. The van der Waals surface area contributed by atoms with Crippen LogP contribution in [0.1, 0.15) is 43.8 Å². The number of ether oxygens (including phenoxy) is 1. The highest BCUT2D eigenvalue weighted by atomic mass is 16.5. The molecule has 4 heterocycles. The summed E-state index contributed by atoms with van der Waals surface area (Å²) in [7, 11) is 0. The molecule has 9 heteroatoms. The van der Waals surface area contributed by atoms with Crippen molar-refractivity contribution in [2.24, 2.45) is 5.92 Å². The lowest BCUT2D eigenvalue weighted by atomic mass is 9.95. The Morgan fingerprint density at radius 3 is 2.27 bits per heavy atom. The van der Waals surface area contributed by atoms with Gasteiger partial charge in [0.1, 0.15) is 5.82 Å². The van der Waals surface area contributed by atoms with Crippen LogP contribution >= 0.6 is 0 Å². The summed E-state index contributed by atoms with van der Waals surface area (Å²) in [5, 5.41) is 7.51. The number of nitrogens with zero attached hydrogens (tertiary/aromatic N) is 6. The largest absolute Gasteiger partial charge is 0.373 e. The van der Waals surface area contributed by atoms with Crippen LogP contribution in [-0.4, -0.2) is 86.9 Å². The lowest BCUT2D eigenvalue weighted by Gasteiger charge is -2.39. The smallest absolute Gasteiger partial charge is 0.252 e. The fraction of sp³-hybridized carbons (Fsp3) is 0.667. The fourth-order valence-electron chi connectivity index (χ4n) is 5.05. The second-order valence-corrected chi connectivity index (χ2v) is 9.78. The quantitative estimate of drug-likeness (QED) is 0.715. The Labute approximate surface area is 196 Å². The van der Waals surface area contributed by atoms with E-state index in [1.54, 1.807) is 4.68 Å². The maximum atomic E-state index is 12.8. The maximum Gasteiger partial charge on any atom is 0.252 e. The molecule has 2 aliphatic heterocycles. The first-order chi connectivity index (χ1) is 15.7. The maximum absolute atomic E-state index is 12.8. The molecular weight excluding hydrogens is 418 g/mol. The minimum Gasteiger partial charge on any atom is -0.373 e. The molecule has 0 radical (unpaired) electrons. The molecule has 2 aromatic heterocycles. The van der Waals surface area contributed by atoms with E-state index in [1.807, 2.05) is 32.9 Å². The summed E-state index contributed by atoms with van der Waals surface area (Å²) in [6.45, 7) is 15.5. The number of aromatic nitrogens is 4. The topological polar surface area (TPSA) is 88.4 Å². The van der Waals surface area contributed by atoms with Crippen molar-refractivity contribution in [2.45, 2.75) is 59.7 Å². The van der Waals surface area contributed by atoms with Gasteiger partial charge in [0, 0.05) is 37.1 Å². The van der Waals surface area contributed by atoms with Gasteiger partial charge in [-0.05, 0) is 72.5 Å². The van der Waals surface area contributed by atoms with E-state index in [1.165, 1.54) is 0 Å². The first-order valence-corrected chi connectivity index (χ1v) is 12.0. The number of anilines is 1. The van der Waals surface area contributed by atoms with Gasteiger partial charge in [-0.3, -0.25) is 14.6 Å². The van der Waals surface area contributed by atoms with Crippen molar-refractivity contribution in [3.63, 3.8) is 0 Å². The molecule has 2 saturated heterocycles. The molecule has 2 aliphatic rings. The Balaban J connectivity index is 1.29. The summed E-state index contributed by atoms with van der Waals surface area (Å²) in [6.07, 6.45) is 2.87. The summed E-state index contributed by atoms with van der Waals surface area (Å²) < 4.78 is 7.47. The third-order valence-electron chi connectivity index (χ3n) is 6.34. The number of aryl methyl sites for hydroxylation is 3. The summed E-state index contributed by atoms with van der Waals surface area (Å²) in [5.41, 5.74) is 2.54. The van der Waals surface area contributed by atoms with Crippen LogP contribution in [0.15, 0.2) is 12.1 Å². The van der Waals surface area contributed by atoms with Gasteiger partial charge in [-0.15, -0.1) is 0 Å². The molecule has 2 atom stereocenters. The number of likely N-dealkylation sites (tertiary alicyclic amines) is 1. The molecule has 33 heavy (non-hydrogen) atoms. The molecule has 2 unspecified atom stereocenters. The van der Waals surface area contributed by atoms with Crippen LogP contribution in [-0.2, 0) is 9.53 Å². The van der Waals surface area contributed by atoms with E-state index in [-0.39, 0.29) is 5.91 Å². The van der Waals surface area contributed by atoms with E-state index in [4.69, 9.17) is 4.74 Å². The van der Waals surface area contributed by atoms with E-state index in [2.05, 4.69) is 44.0 Å². The summed E-state index contributed by atoms with van der Waals surface area (Å²) in [6, 6.07) is 3.78. The highest BCUT2D eigenvalue weighted by Crippen LogP contribution is 2.21. The van der Waals surface area contributed by atoms with Crippen LogP contribution in [0.4, 0.5) is 5.82 Å². The van der Waals surface area contributed by atoms with E-state index >= 15 is 0 Å². The lowest BCUT2D eigenvalue weighted by molar-refractivity contribution is -0.117. The molecular formula is C24H37N7O2. The Morgan fingerprint density at radius 2 is 1.64 bits per heavy atom. The number of hydrogen-bond donors (Lipinski definition) is 1.